The van der Waals surface area contributed by atoms with Gasteiger partial charge in [-0.3, -0.25) is 4.79 Å². The maximum atomic E-state index is 12.4. The first-order chi connectivity index (χ1) is 8.76. The molecule has 2 saturated heterocycles. The summed E-state index contributed by atoms with van der Waals surface area (Å²) >= 11 is 0. The Bertz CT molecular complexity index is 324. The highest BCUT2D eigenvalue weighted by Crippen LogP contribution is 2.23. The fourth-order valence-electron chi connectivity index (χ4n) is 2.82. The average Bonchev–Trinajstić information content (AvgIpc) is 2.46. The number of carbonyl (C=O) groups excluding carboxylic acids is 1. The van der Waals surface area contributed by atoms with Crippen LogP contribution in [0.15, 0.2) is 5.16 Å². The minimum atomic E-state index is 0.129. The lowest BCUT2D eigenvalue weighted by atomic mass is 9.91. The van der Waals surface area contributed by atoms with Gasteiger partial charge >= 0.3 is 0 Å². The van der Waals surface area contributed by atoms with Crippen LogP contribution in [-0.4, -0.2) is 48.0 Å². The maximum absolute atomic E-state index is 12.4. The molecule has 0 aromatic rings. The van der Waals surface area contributed by atoms with Crippen LogP contribution >= 0.6 is 0 Å². The van der Waals surface area contributed by atoms with Gasteiger partial charge in [0.15, 0.2) is 0 Å². The van der Waals surface area contributed by atoms with Crippen LogP contribution in [0.5, 0.6) is 0 Å². The van der Waals surface area contributed by atoms with Crippen molar-refractivity contribution in [1.29, 1.82) is 0 Å². The Morgan fingerprint density at radius 2 is 2.22 bits per heavy atom. The van der Waals surface area contributed by atoms with E-state index in [1.165, 1.54) is 0 Å². The molecule has 2 rings (SSSR count). The standard InChI is InChI=1S/C13H22N2O3/c1-2-10-9-15(6-3-12(10)14-17)13(16)11-4-7-18-8-5-11/h10-11,17H,2-9H2,1H3. The molecule has 0 bridgehead atoms. The largest absolute Gasteiger partial charge is 0.411 e. The van der Waals surface area contributed by atoms with E-state index in [4.69, 9.17) is 9.94 Å². The maximum Gasteiger partial charge on any atom is 0.225 e. The van der Waals surface area contributed by atoms with Crippen molar-refractivity contribution in [3.63, 3.8) is 0 Å². The summed E-state index contributed by atoms with van der Waals surface area (Å²) < 4.78 is 5.29. The summed E-state index contributed by atoms with van der Waals surface area (Å²) in [7, 11) is 0. The lowest BCUT2D eigenvalue weighted by Gasteiger charge is -2.35. The number of likely N-dealkylation sites (tertiary alicyclic amines) is 1. The van der Waals surface area contributed by atoms with Crippen molar-refractivity contribution in [2.24, 2.45) is 17.0 Å². The fourth-order valence-corrected chi connectivity index (χ4v) is 2.82. The molecule has 2 fully saturated rings. The molecular formula is C13H22N2O3. The predicted molar refractivity (Wildman–Crippen MR) is 67.7 cm³/mol. The Labute approximate surface area is 108 Å². The average molecular weight is 254 g/mol. The van der Waals surface area contributed by atoms with E-state index in [1.807, 2.05) is 4.90 Å². The number of hydrogen-bond acceptors (Lipinski definition) is 4. The Morgan fingerprint density at radius 1 is 1.50 bits per heavy atom. The molecule has 2 aliphatic heterocycles. The van der Waals surface area contributed by atoms with Crippen LogP contribution in [0.25, 0.3) is 0 Å². The van der Waals surface area contributed by atoms with E-state index in [9.17, 15) is 4.79 Å². The van der Waals surface area contributed by atoms with Crippen LogP contribution in [-0.2, 0) is 9.53 Å². The number of oxime groups is 1. The van der Waals surface area contributed by atoms with Crippen molar-refractivity contribution in [1.82, 2.24) is 4.90 Å². The number of rotatable bonds is 2. The van der Waals surface area contributed by atoms with Crippen LogP contribution in [0, 0.1) is 11.8 Å². The first kappa shape index (κ1) is 13.3. The van der Waals surface area contributed by atoms with Crippen LogP contribution in [0.4, 0.5) is 0 Å². The summed E-state index contributed by atoms with van der Waals surface area (Å²) in [6, 6.07) is 0. The normalized spacial score (nSPS) is 28.6. The molecule has 1 N–H and O–H groups in total. The quantitative estimate of drug-likeness (QED) is 0.600. The van der Waals surface area contributed by atoms with E-state index in [0.717, 1.165) is 25.0 Å². The number of piperidine rings is 1. The van der Waals surface area contributed by atoms with E-state index in [2.05, 4.69) is 12.1 Å². The first-order valence-corrected chi connectivity index (χ1v) is 6.83. The van der Waals surface area contributed by atoms with Crippen molar-refractivity contribution >= 4 is 11.6 Å². The van der Waals surface area contributed by atoms with Gasteiger partial charge in [-0.25, -0.2) is 0 Å². The Morgan fingerprint density at radius 3 is 2.83 bits per heavy atom. The van der Waals surface area contributed by atoms with Crippen molar-refractivity contribution in [2.75, 3.05) is 26.3 Å². The third-order valence-corrected chi connectivity index (χ3v) is 4.05. The number of amides is 1. The molecule has 0 radical (unpaired) electrons. The van der Waals surface area contributed by atoms with Gasteiger partial charge in [-0.2, -0.15) is 0 Å². The molecule has 0 aromatic heterocycles. The third-order valence-electron chi connectivity index (χ3n) is 4.05. The number of hydrogen-bond donors (Lipinski definition) is 1. The second kappa shape index (κ2) is 6.18. The molecule has 1 unspecified atom stereocenters. The van der Waals surface area contributed by atoms with E-state index < -0.39 is 0 Å². The molecule has 0 saturated carbocycles. The van der Waals surface area contributed by atoms with Gasteiger partial charge in [0, 0.05) is 44.6 Å². The topological polar surface area (TPSA) is 62.1 Å². The van der Waals surface area contributed by atoms with Gasteiger partial charge in [-0.05, 0) is 19.3 Å². The third kappa shape index (κ3) is 2.83. The van der Waals surface area contributed by atoms with Crippen LogP contribution in [0.1, 0.15) is 32.6 Å². The van der Waals surface area contributed by atoms with Crippen molar-refractivity contribution in [3.8, 4) is 0 Å². The molecule has 2 aliphatic rings. The Kier molecular flexibility index (Phi) is 4.58. The summed E-state index contributed by atoms with van der Waals surface area (Å²) in [5.41, 5.74) is 0.841. The Balaban J connectivity index is 1.95. The summed E-state index contributed by atoms with van der Waals surface area (Å²) in [5.74, 6) is 0.602. The molecule has 102 valence electrons. The van der Waals surface area contributed by atoms with Crippen LogP contribution in [0.3, 0.4) is 0 Å². The molecule has 1 atom stereocenters. The smallest absolute Gasteiger partial charge is 0.225 e. The molecule has 1 amide bonds. The molecule has 5 nitrogen and oxygen atoms in total. The molecule has 2 heterocycles. The SMILES string of the molecule is CCC1CN(C(=O)C2CCOCC2)CCC1=NO. The highest BCUT2D eigenvalue weighted by molar-refractivity contribution is 5.89. The fraction of sp³-hybridized carbons (Fsp3) is 0.846. The zero-order valence-electron chi connectivity index (χ0n) is 11.0. The van der Waals surface area contributed by atoms with Crippen LogP contribution < -0.4 is 0 Å². The second-order valence-electron chi connectivity index (χ2n) is 5.12. The summed E-state index contributed by atoms with van der Waals surface area (Å²) in [6.45, 7) is 4.85. The van der Waals surface area contributed by atoms with Gasteiger partial charge in [0.05, 0.1) is 5.71 Å². The highest BCUT2D eigenvalue weighted by atomic mass is 16.5. The Hall–Kier alpha value is -1.10. The van der Waals surface area contributed by atoms with Gasteiger partial charge in [-0.15, -0.1) is 0 Å². The van der Waals surface area contributed by atoms with Gasteiger partial charge < -0.3 is 14.8 Å². The minimum absolute atomic E-state index is 0.129. The van der Waals surface area contributed by atoms with Crippen LogP contribution in [0.2, 0.25) is 0 Å². The van der Waals surface area contributed by atoms with Gasteiger partial charge in [0.25, 0.3) is 0 Å². The molecule has 0 spiro atoms. The first-order valence-electron chi connectivity index (χ1n) is 6.83. The number of ether oxygens (including phenoxy) is 1. The zero-order chi connectivity index (χ0) is 13.0. The monoisotopic (exact) mass is 254 g/mol. The highest BCUT2D eigenvalue weighted by Gasteiger charge is 2.32. The predicted octanol–water partition coefficient (Wildman–Crippen LogP) is 1.50. The lowest BCUT2D eigenvalue weighted by molar-refractivity contribution is -0.139. The van der Waals surface area contributed by atoms with Gasteiger partial charge in [-0.1, -0.05) is 12.1 Å². The van der Waals surface area contributed by atoms with E-state index in [1.54, 1.807) is 0 Å². The lowest BCUT2D eigenvalue weighted by Crippen LogP contribution is -2.47. The molecule has 5 heteroatoms. The summed E-state index contributed by atoms with van der Waals surface area (Å²) in [4.78, 5) is 14.3. The van der Waals surface area contributed by atoms with E-state index in [-0.39, 0.29) is 17.7 Å². The molecular weight excluding hydrogens is 232 g/mol. The molecule has 0 aliphatic carbocycles. The number of nitrogens with zero attached hydrogens (tertiary/aromatic N) is 2. The zero-order valence-corrected chi connectivity index (χ0v) is 11.0. The number of carbonyl (C=O) groups is 1. The van der Waals surface area contributed by atoms with E-state index in [0.29, 0.717) is 32.7 Å². The van der Waals surface area contributed by atoms with Crippen molar-refractivity contribution in [2.45, 2.75) is 32.6 Å². The molecule has 0 aromatic carbocycles. The van der Waals surface area contributed by atoms with Gasteiger partial charge in [0.1, 0.15) is 0 Å². The minimum Gasteiger partial charge on any atom is -0.411 e. The van der Waals surface area contributed by atoms with Gasteiger partial charge in [0.2, 0.25) is 5.91 Å². The summed E-state index contributed by atoms with van der Waals surface area (Å²) in [5, 5.41) is 12.3. The van der Waals surface area contributed by atoms with Crippen molar-refractivity contribution < 1.29 is 14.7 Å². The molecule has 18 heavy (non-hydrogen) atoms. The summed E-state index contributed by atoms with van der Waals surface area (Å²) in [6.07, 6.45) is 3.29. The van der Waals surface area contributed by atoms with E-state index >= 15 is 0 Å². The second-order valence-corrected chi connectivity index (χ2v) is 5.12. The van der Waals surface area contributed by atoms with Crippen molar-refractivity contribution in [3.05, 3.63) is 0 Å².